The van der Waals surface area contributed by atoms with Crippen LogP contribution in [-0.2, 0) is 14.3 Å². The summed E-state index contributed by atoms with van der Waals surface area (Å²) in [5.74, 6) is -0.562. The average molecular weight is 322 g/mol. The zero-order chi connectivity index (χ0) is 17.8. The van der Waals surface area contributed by atoms with Crippen molar-refractivity contribution in [2.24, 2.45) is 0 Å². The minimum absolute atomic E-state index is 0.562. The number of carbonyl (C=O) groups is 2. The van der Waals surface area contributed by atoms with E-state index in [1.165, 1.54) is 0 Å². The Morgan fingerprint density at radius 1 is 0.957 bits per heavy atom. The van der Waals surface area contributed by atoms with Gasteiger partial charge in [-0.15, -0.1) is 0 Å². The molecule has 1 aromatic rings. The predicted octanol–water partition coefficient (Wildman–Crippen LogP) is 3.18. The van der Waals surface area contributed by atoms with E-state index in [-0.39, 0.29) is 0 Å². The Morgan fingerprint density at radius 2 is 1.43 bits per heavy atom. The van der Waals surface area contributed by atoms with Crippen LogP contribution in [0.1, 0.15) is 53.1 Å². The second kappa shape index (κ2) is 6.89. The second-order valence-corrected chi connectivity index (χ2v) is 7.28. The maximum atomic E-state index is 12.4. The first-order valence-corrected chi connectivity index (χ1v) is 7.45. The first-order valence-electron chi connectivity index (χ1n) is 7.45. The Balaban J connectivity index is 2.99. The Morgan fingerprint density at radius 3 is 1.87 bits per heavy atom. The van der Waals surface area contributed by atoms with E-state index < -0.39 is 29.3 Å². The molecule has 0 heterocycles. The van der Waals surface area contributed by atoms with Crippen LogP contribution in [-0.4, -0.2) is 23.3 Å². The highest BCUT2D eigenvalue weighted by Crippen LogP contribution is 2.20. The molecule has 1 aromatic carbocycles. The molecule has 0 aliphatic carbocycles. The van der Waals surface area contributed by atoms with E-state index >= 15 is 0 Å². The minimum Gasteiger partial charge on any atom is -0.458 e. The van der Waals surface area contributed by atoms with Crippen LogP contribution in [0.2, 0.25) is 0 Å². The van der Waals surface area contributed by atoms with Crippen LogP contribution in [0.3, 0.4) is 0 Å². The molecular weight excluding hydrogens is 296 g/mol. The third-order valence-electron chi connectivity index (χ3n) is 2.57. The lowest BCUT2D eigenvalue weighted by molar-refractivity contribution is -0.157. The van der Waals surface area contributed by atoms with Crippen LogP contribution in [0.5, 0.6) is 0 Å². The molecule has 1 rings (SSSR count). The summed E-state index contributed by atoms with van der Waals surface area (Å²) in [5.41, 5.74) is 5.46. The van der Waals surface area contributed by atoms with E-state index in [4.69, 9.17) is 15.2 Å². The van der Waals surface area contributed by atoms with Gasteiger partial charge < -0.3 is 20.5 Å². The Bertz CT molecular complexity index is 553. The number of hydrogen-bond donors (Lipinski definition) is 2. The number of rotatable bonds is 3. The molecule has 0 aliphatic heterocycles. The van der Waals surface area contributed by atoms with Gasteiger partial charge in [0.2, 0.25) is 0 Å². The maximum absolute atomic E-state index is 12.4. The fraction of sp³-hybridized carbons (Fsp3) is 0.529. The lowest BCUT2D eigenvalue weighted by atomic mass is 10.1. The van der Waals surface area contributed by atoms with Gasteiger partial charge in [0, 0.05) is 5.69 Å². The molecule has 0 saturated carbocycles. The average Bonchev–Trinajstić information content (AvgIpc) is 2.33. The summed E-state index contributed by atoms with van der Waals surface area (Å²) < 4.78 is 10.6. The van der Waals surface area contributed by atoms with Crippen molar-refractivity contribution in [3.05, 3.63) is 29.8 Å². The van der Waals surface area contributed by atoms with Crippen molar-refractivity contribution in [2.45, 2.75) is 58.8 Å². The summed E-state index contributed by atoms with van der Waals surface area (Å²) in [5, 5.41) is 2.56. The van der Waals surface area contributed by atoms with E-state index in [2.05, 4.69) is 5.32 Å². The summed E-state index contributed by atoms with van der Waals surface area (Å²) in [6, 6.07) is 5.68. The van der Waals surface area contributed by atoms with Gasteiger partial charge in [-0.1, -0.05) is 12.1 Å². The third kappa shape index (κ3) is 7.04. The molecule has 6 heteroatoms. The predicted molar refractivity (Wildman–Crippen MR) is 88.8 cm³/mol. The highest BCUT2D eigenvalue weighted by atomic mass is 16.6. The number of hydrogen-bond acceptors (Lipinski definition) is 5. The number of benzene rings is 1. The van der Waals surface area contributed by atoms with Crippen LogP contribution in [0, 0.1) is 0 Å². The standard InChI is InChI=1S/C17H26N2O4/c1-16(2,3)22-14(20)13(11-7-9-12(18)10-8-11)19-15(21)23-17(4,5)6/h7-10,13H,18H2,1-6H3,(H,19,21)/t13-/m0/s1. The molecule has 0 radical (unpaired) electrons. The molecule has 6 nitrogen and oxygen atoms in total. The zero-order valence-corrected chi connectivity index (χ0v) is 14.6. The van der Waals surface area contributed by atoms with Crippen molar-refractivity contribution in [3.8, 4) is 0 Å². The van der Waals surface area contributed by atoms with Crippen molar-refractivity contribution in [1.29, 1.82) is 0 Å². The Hall–Kier alpha value is -2.24. The smallest absolute Gasteiger partial charge is 0.408 e. The number of esters is 1. The normalized spacial score (nSPS) is 13.1. The summed E-state index contributed by atoms with van der Waals surface area (Å²) in [6.07, 6.45) is -0.690. The van der Waals surface area contributed by atoms with E-state index in [1.54, 1.807) is 65.8 Å². The third-order valence-corrected chi connectivity index (χ3v) is 2.57. The van der Waals surface area contributed by atoms with Gasteiger partial charge in [-0.2, -0.15) is 0 Å². The molecule has 128 valence electrons. The lowest BCUT2D eigenvalue weighted by Gasteiger charge is -2.26. The number of nitrogens with two attached hydrogens (primary N) is 1. The summed E-state index contributed by atoms with van der Waals surface area (Å²) in [7, 11) is 0. The first-order chi connectivity index (χ1) is 10.4. The van der Waals surface area contributed by atoms with Gasteiger partial charge in [0.05, 0.1) is 0 Å². The molecule has 0 aliphatic rings. The first kappa shape index (κ1) is 18.8. The lowest BCUT2D eigenvalue weighted by Crippen LogP contribution is -2.40. The fourth-order valence-electron chi connectivity index (χ4n) is 1.75. The molecule has 0 bridgehead atoms. The molecule has 0 saturated heterocycles. The number of ether oxygens (including phenoxy) is 2. The van der Waals surface area contributed by atoms with Crippen molar-refractivity contribution in [1.82, 2.24) is 5.32 Å². The highest BCUT2D eigenvalue weighted by Gasteiger charge is 2.29. The number of alkyl carbamates (subject to hydrolysis) is 1. The van der Waals surface area contributed by atoms with Gasteiger partial charge in [0.1, 0.15) is 11.2 Å². The van der Waals surface area contributed by atoms with Crippen LogP contribution >= 0.6 is 0 Å². The molecule has 23 heavy (non-hydrogen) atoms. The van der Waals surface area contributed by atoms with Crippen molar-refractivity contribution in [2.75, 3.05) is 5.73 Å². The van der Waals surface area contributed by atoms with Gasteiger partial charge >= 0.3 is 12.1 Å². The van der Waals surface area contributed by atoms with Crippen molar-refractivity contribution >= 4 is 17.7 Å². The topological polar surface area (TPSA) is 90.6 Å². The van der Waals surface area contributed by atoms with E-state index in [1.807, 2.05) is 0 Å². The number of nitrogen functional groups attached to an aromatic ring is 1. The molecule has 1 atom stereocenters. The van der Waals surface area contributed by atoms with Gasteiger partial charge in [-0.05, 0) is 59.2 Å². The Labute approximate surface area is 137 Å². The SMILES string of the molecule is CC(C)(C)OC(=O)N[C@H](C(=O)OC(C)(C)C)c1ccc(N)cc1. The molecule has 0 unspecified atom stereocenters. The van der Waals surface area contributed by atoms with Gasteiger partial charge in [-0.25, -0.2) is 9.59 Å². The fourth-order valence-corrected chi connectivity index (χ4v) is 1.75. The van der Waals surface area contributed by atoms with Crippen molar-refractivity contribution < 1.29 is 19.1 Å². The number of amides is 1. The van der Waals surface area contributed by atoms with Gasteiger partial charge in [-0.3, -0.25) is 0 Å². The monoisotopic (exact) mass is 322 g/mol. The number of carbonyl (C=O) groups excluding carboxylic acids is 2. The van der Waals surface area contributed by atoms with E-state index in [9.17, 15) is 9.59 Å². The summed E-state index contributed by atoms with van der Waals surface area (Å²) >= 11 is 0. The quantitative estimate of drug-likeness (QED) is 0.659. The summed E-state index contributed by atoms with van der Waals surface area (Å²) in [4.78, 5) is 24.4. The van der Waals surface area contributed by atoms with Crippen molar-refractivity contribution in [3.63, 3.8) is 0 Å². The Kier molecular flexibility index (Phi) is 5.64. The number of nitrogens with one attached hydrogen (secondary N) is 1. The van der Waals surface area contributed by atoms with Crippen LogP contribution in [0.25, 0.3) is 0 Å². The minimum atomic E-state index is -0.968. The molecule has 1 amide bonds. The van der Waals surface area contributed by atoms with Gasteiger partial charge in [0.15, 0.2) is 6.04 Å². The largest absolute Gasteiger partial charge is 0.458 e. The van der Waals surface area contributed by atoms with E-state index in [0.29, 0.717) is 11.3 Å². The highest BCUT2D eigenvalue weighted by molar-refractivity contribution is 5.83. The zero-order valence-electron chi connectivity index (χ0n) is 14.6. The van der Waals surface area contributed by atoms with Crippen LogP contribution < -0.4 is 11.1 Å². The van der Waals surface area contributed by atoms with Gasteiger partial charge in [0.25, 0.3) is 0 Å². The molecule has 0 spiro atoms. The van der Waals surface area contributed by atoms with Crippen LogP contribution in [0.4, 0.5) is 10.5 Å². The molecule has 0 aromatic heterocycles. The summed E-state index contributed by atoms with van der Waals surface area (Å²) in [6.45, 7) is 10.5. The molecular formula is C17H26N2O4. The van der Waals surface area contributed by atoms with Crippen LogP contribution in [0.15, 0.2) is 24.3 Å². The van der Waals surface area contributed by atoms with E-state index in [0.717, 1.165) is 0 Å². The molecule has 3 N–H and O–H groups in total. The molecule has 0 fully saturated rings. The maximum Gasteiger partial charge on any atom is 0.408 e. The number of anilines is 1. The second-order valence-electron chi connectivity index (χ2n) is 7.28.